The number of aromatic amines is 1. The molecule has 3 heteroatoms. The minimum Gasteiger partial charge on any atom is -0.354 e. The van der Waals surface area contributed by atoms with Crippen LogP contribution in [0.1, 0.15) is 11.1 Å². The van der Waals surface area contributed by atoms with Crippen molar-refractivity contribution in [2.45, 2.75) is 6.92 Å². The smallest absolute Gasteiger partial charge is 0.190 e. The SMILES string of the molecule is Cc1ccc(-c2cc(=O)c3cc(C#N)ccc3[nH]2)cc1. The Morgan fingerprint density at radius 2 is 1.80 bits per heavy atom. The number of benzene rings is 2. The molecule has 0 radical (unpaired) electrons. The highest BCUT2D eigenvalue weighted by Crippen LogP contribution is 2.19. The van der Waals surface area contributed by atoms with Crippen molar-refractivity contribution in [3.05, 3.63) is 69.9 Å². The van der Waals surface area contributed by atoms with Crippen molar-refractivity contribution >= 4 is 10.9 Å². The molecule has 2 aromatic carbocycles. The minimum absolute atomic E-state index is 0.0774. The Morgan fingerprint density at radius 1 is 1.05 bits per heavy atom. The second kappa shape index (κ2) is 4.67. The maximum absolute atomic E-state index is 12.2. The number of aromatic nitrogens is 1. The summed E-state index contributed by atoms with van der Waals surface area (Å²) in [6.07, 6.45) is 0. The molecule has 1 aromatic heterocycles. The Bertz CT molecular complexity index is 883. The summed E-state index contributed by atoms with van der Waals surface area (Å²) in [5, 5.41) is 9.43. The number of H-pyrrole nitrogens is 1. The van der Waals surface area contributed by atoms with E-state index in [-0.39, 0.29) is 5.43 Å². The zero-order valence-electron chi connectivity index (χ0n) is 11.0. The van der Waals surface area contributed by atoms with Crippen molar-refractivity contribution in [2.75, 3.05) is 0 Å². The van der Waals surface area contributed by atoms with Crippen molar-refractivity contribution in [1.82, 2.24) is 4.98 Å². The molecule has 0 fully saturated rings. The Kier molecular flexibility index (Phi) is 2.85. The first kappa shape index (κ1) is 12.2. The van der Waals surface area contributed by atoms with Crippen LogP contribution >= 0.6 is 0 Å². The lowest BCUT2D eigenvalue weighted by Gasteiger charge is -2.05. The first-order chi connectivity index (χ1) is 9.67. The van der Waals surface area contributed by atoms with Crippen LogP contribution in [0.2, 0.25) is 0 Å². The summed E-state index contributed by atoms with van der Waals surface area (Å²) in [6, 6.07) is 16.7. The highest BCUT2D eigenvalue weighted by molar-refractivity contribution is 5.82. The first-order valence-electron chi connectivity index (χ1n) is 6.31. The van der Waals surface area contributed by atoms with Gasteiger partial charge in [0.15, 0.2) is 5.43 Å². The van der Waals surface area contributed by atoms with Crippen LogP contribution in [0.25, 0.3) is 22.2 Å². The van der Waals surface area contributed by atoms with E-state index in [9.17, 15) is 4.79 Å². The molecule has 0 saturated heterocycles. The van der Waals surface area contributed by atoms with Gasteiger partial charge in [0, 0.05) is 22.7 Å². The molecular weight excluding hydrogens is 248 g/mol. The van der Waals surface area contributed by atoms with Crippen LogP contribution in [0, 0.1) is 18.3 Å². The van der Waals surface area contributed by atoms with Crippen LogP contribution < -0.4 is 5.43 Å². The van der Waals surface area contributed by atoms with Crippen LogP contribution in [0.3, 0.4) is 0 Å². The van der Waals surface area contributed by atoms with Gasteiger partial charge in [-0.3, -0.25) is 4.79 Å². The van der Waals surface area contributed by atoms with Gasteiger partial charge in [-0.15, -0.1) is 0 Å². The van der Waals surface area contributed by atoms with Crippen molar-refractivity contribution in [3.63, 3.8) is 0 Å². The lowest BCUT2D eigenvalue weighted by molar-refractivity contribution is 1.36. The number of pyridine rings is 1. The second-order valence-electron chi connectivity index (χ2n) is 4.79. The van der Waals surface area contributed by atoms with E-state index in [0.717, 1.165) is 16.8 Å². The largest absolute Gasteiger partial charge is 0.354 e. The van der Waals surface area contributed by atoms with Gasteiger partial charge in [0.1, 0.15) is 0 Å². The molecule has 0 unspecified atom stereocenters. The van der Waals surface area contributed by atoms with E-state index < -0.39 is 0 Å². The molecule has 0 aliphatic rings. The number of nitriles is 1. The zero-order chi connectivity index (χ0) is 14.1. The predicted molar refractivity (Wildman–Crippen MR) is 79.5 cm³/mol. The third-order valence-corrected chi connectivity index (χ3v) is 3.32. The van der Waals surface area contributed by atoms with Gasteiger partial charge < -0.3 is 4.98 Å². The Morgan fingerprint density at radius 3 is 2.50 bits per heavy atom. The number of nitrogens with one attached hydrogen (secondary N) is 1. The van der Waals surface area contributed by atoms with Gasteiger partial charge in [0.05, 0.1) is 11.6 Å². The van der Waals surface area contributed by atoms with Crippen molar-refractivity contribution in [2.24, 2.45) is 0 Å². The zero-order valence-corrected chi connectivity index (χ0v) is 11.0. The van der Waals surface area contributed by atoms with Crippen LogP contribution in [0.5, 0.6) is 0 Å². The minimum atomic E-state index is -0.0774. The van der Waals surface area contributed by atoms with Crippen molar-refractivity contribution in [3.8, 4) is 17.3 Å². The summed E-state index contributed by atoms with van der Waals surface area (Å²) in [6.45, 7) is 2.02. The third kappa shape index (κ3) is 2.08. The van der Waals surface area contributed by atoms with E-state index in [0.29, 0.717) is 10.9 Å². The molecule has 0 amide bonds. The molecule has 0 aliphatic carbocycles. The molecule has 0 spiro atoms. The molecule has 3 nitrogen and oxygen atoms in total. The molecule has 3 rings (SSSR count). The van der Waals surface area contributed by atoms with Crippen LogP contribution in [0.15, 0.2) is 53.3 Å². The van der Waals surface area contributed by atoms with Crippen LogP contribution in [-0.2, 0) is 0 Å². The quantitative estimate of drug-likeness (QED) is 0.729. The molecule has 3 aromatic rings. The number of aryl methyl sites for hydroxylation is 1. The van der Waals surface area contributed by atoms with Gasteiger partial charge in [0.25, 0.3) is 0 Å². The van der Waals surface area contributed by atoms with E-state index in [2.05, 4.69) is 4.98 Å². The summed E-state index contributed by atoms with van der Waals surface area (Å²) >= 11 is 0. The van der Waals surface area contributed by atoms with Crippen LogP contribution in [-0.4, -0.2) is 4.98 Å². The average molecular weight is 260 g/mol. The highest BCUT2D eigenvalue weighted by atomic mass is 16.1. The van der Waals surface area contributed by atoms with Gasteiger partial charge in [-0.05, 0) is 30.7 Å². The number of hydrogen-bond donors (Lipinski definition) is 1. The van der Waals surface area contributed by atoms with Crippen molar-refractivity contribution < 1.29 is 0 Å². The lowest BCUT2D eigenvalue weighted by Crippen LogP contribution is -2.03. The molecule has 96 valence electrons. The number of fused-ring (bicyclic) bond motifs is 1. The molecule has 0 aliphatic heterocycles. The van der Waals surface area contributed by atoms with Gasteiger partial charge in [-0.25, -0.2) is 0 Å². The Balaban J connectivity index is 2.23. The van der Waals surface area contributed by atoms with E-state index in [4.69, 9.17) is 5.26 Å². The number of rotatable bonds is 1. The Labute approximate surface area is 116 Å². The fourth-order valence-corrected chi connectivity index (χ4v) is 2.21. The lowest BCUT2D eigenvalue weighted by atomic mass is 10.1. The summed E-state index contributed by atoms with van der Waals surface area (Å²) in [7, 11) is 0. The maximum Gasteiger partial charge on any atom is 0.190 e. The van der Waals surface area contributed by atoms with E-state index in [1.54, 1.807) is 24.3 Å². The number of hydrogen-bond acceptors (Lipinski definition) is 2. The monoisotopic (exact) mass is 260 g/mol. The molecule has 1 N–H and O–H groups in total. The molecule has 0 bridgehead atoms. The van der Waals surface area contributed by atoms with Gasteiger partial charge in [0.2, 0.25) is 0 Å². The summed E-state index contributed by atoms with van der Waals surface area (Å²) in [4.78, 5) is 15.4. The standard InChI is InChI=1S/C17H12N2O/c1-11-2-5-13(6-3-11)16-9-17(20)14-8-12(10-18)4-7-15(14)19-16/h2-9H,1H3,(H,19,20). The normalized spacial score (nSPS) is 10.4. The number of nitrogens with zero attached hydrogens (tertiary/aromatic N) is 1. The van der Waals surface area contributed by atoms with Gasteiger partial charge >= 0.3 is 0 Å². The molecule has 0 saturated carbocycles. The molecule has 20 heavy (non-hydrogen) atoms. The maximum atomic E-state index is 12.2. The van der Waals surface area contributed by atoms with E-state index in [1.165, 1.54) is 5.56 Å². The summed E-state index contributed by atoms with van der Waals surface area (Å²) in [5.41, 5.74) is 4.09. The van der Waals surface area contributed by atoms with E-state index >= 15 is 0 Å². The molecule has 0 atom stereocenters. The van der Waals surface area contributed by atoms with Gasteiger partial charge in [-0.2, -0.15) is 5.26 Å². The van der Waals surface area contributed by atoms with E-state index in [1.807, 2.05) is 37.3 Å². The Hall–Kier alpha value is -2.86. The molecular formula is C17H12N2O. The predicted octanol–water partition coefficient (Wildman–Crippen LogP) is 3.38. The average Bonchev–Trinajstić information content (AvgIpc) is 2.47. The van der Waals surface area contributed by atoms with Crippen LogP contribution in [0.4, 0.5) is 0 Å². The fraction of sp³-hybridized carbons (Fsp3) is 0.0588. The molecule has 1 heterocycles. The summed E-state index contributed by atoms with van der Waals surface area (Å²) < 4.78 is 0. The highest BCUT2D eigenvalue weighted by Gasteiger charge is 2.05. The van der Waals surface area contributed by atoms with Gasteiger partial charge in [-0.1, -0.05) is 29.8 Å². The fourth-order valence-electron chi connectivity index (χ4n) is 2.21. The topological polar surface area (TPSA) is 56.6 Å². The second-order valence-corrected chi connectivity index (χ2v) is 4.79. The van der Waals surface area contributed by atoms with Crippen molar-refractivity contribution in [1.29, 1.82) is 5.26 Å². The summed E-state index contributed by atoms with van der Waals surface area (Å²) in [5.74, 6) is 0. The first-order valence-corrected chi connectivity index (χ1v) is 6.31. The third-order valence-electron chi connectivity index (χ3n) is 3.32.